The minimum atomic E-state index is 0.232. The molecule has 1 saturated carbocycles. The van der Waals surface area contributed by atoms with Crippen LogP contribution in [0.5, 0.6) is 11.5 Å². The normalized spacial score (nSPS) is 18.6. The third kappa shape index (κ3) is 2.80. The molecule has 1 aromatic rings. The van der Waals surface area contributed by atoms with E-state index in [9.17, 15) is 5.11 Å². The maximum absolute atomic E-state index is 9.64. The van der Waals surface area contributed by atoms with Gasteiger partial charge in [-0.3, -0.25) is 0 Å². The Bertz CT molecular complexity index is 392. The Kier molecular flexibility index (Phi) is 4.15. The van der Waals surface area contributed by atoms with E-state index in [2.05, 4.69) is 6.92 Å². The summed E-state index contributed by atoms with van der Waals surface area (Å²) in [6.45, 7) is 2.31. The summed E-state index contributed by atoms with van der Waals surface area (Å²) in [6.07, 6.45) is 9.16. The van der Waals surface area contributed by atoms with Crippen molar-refractivity contribution in [3.05, 3.63) is 23.8 Å². The summed E-state index contributed by atoms with van der Waals surface area (Å²) in [4.78, 5) is 0. The predicted molar refractivity (Wildman–Crippen MR) is 74.2 cm³/mol. The molecule has 2 rings (SSSR count). The fourth-order valence-electron chi connectivity index (χ4n) is 3.22. The van der Waals surface area contributed by atoms with Gasteiger partial charge in [0.25, 0.3) is 0 Å². The molecule has 2 heteroatoms. The monoisotopic (exact) mass is 248 g/mol. The van der Waals surface area contributed by atoms with Gasteiger partial charge in [0.1, 0.15) is 0 Å². The smallest absolute Gasteiger partial charge is 0.160 e. The van der Waals surface area contributed by atoms with Crippen LogP contribution in [0.4, 0.5) is 0 Å². The molecule has 1 aliphatic carbocycles. The van der Waals surface area contributed by atoms with E-state index < -0.39 is 0 Å². The van der Waals surface area contributed by atoms with Crippen LogP contribution in [0, 0.1) is 5.41 Å². The second-order valence-corrected chi connectivity index (χ2v) is 5.60. The van der Waals surface area contributed by atoms with Crippen molar-refractivity contribution in [2.45, 2.75) is 51.9 Å². The zero-order valence-electron chi connectivity index (χ0n) is 11.5. The van der Waals surface area contributed by atoms with Crippen molar-refractivity contribution in [1.82, 2.24) is 0 Å². The van der Waals surface area contributed by atoms with E-state index in [0.717, 1.165) is 6.42 Å². The lowest BCUT2D eigenvalue weighted by molar-refractivity contribution is 0.179. The zero-order chi connectivity index (χ0) is 13.0. The molecule has 2 nitrogen and oxygen atoms in total. The van der Waals surface area contributed by atoms with Crippen LogP contribution in [0.25, 0.3) is 0 Å². The van der Waals surface area contributed by atoms with Gasteiger partial charge in [0, 0.05) is 0 Å². The van der Waals surface area contributed by atoms with Gasteiger partial charge in [-0.2, -0.15) is 0 Å². The van der Waals surface area contributed by atoms with Gasteiger partial charge >= 0.3 is 0 Å². The first-order valence-corrected chi connectivity index (χ1v) is 7.05. The number of phenols is 1. The van der Waals surface area contributed by atoms with E-state index in [-0.39, 0.29) is 5.75 Å². The van der Waals surface area contributed by atoms with Crippen molar-refractivity contribution in [2.75, 3.05) is 7.11 Å². The van der Waals surface area contributed by atoms with Gasteiger partial charge in [-0.1, -0.05) is 38.7 Å². The van der Waals surface area contributed by atoms with Gasteiger partial charge < -0.3 is 9.84 Å². The lowest BCUT2D eigenvalue weighted by Crippen LogP contribution is -2.25. The van der Waals surface area contributed by atoms with Crippen molar-refractivity contribution < 1.29 is 9.84 Å². The summed E-state index contributed by atoms with van der Waals surface area (Å²) in [5.74, 6) is 0.824. The molecule has 0 saturated heterocycles. The number of hydrogen-bond donors (Lipinski definition) is 1. The second-order valence-electron chi connectivity index (χ2n) is 5.60. The first kappa shape index (κ1) is 13.3. The van der Waals surface area contributed by atoms with Crippen molar-refractivity contribution in [2.24, 2.45) is 5.41 Å². The number of rotatable bonds is 4. The Morgan fingerprint density at radius 2 is 1.94 bits per heavy atom. The van der Waals surface area contributed by atoms with Crippen LogP contribution in [0.3, 0.4) is 0 Å². The number of benzene rings is 1. The Balaban J connectivity index is 2.16. The molecular formula is C16H24O2. The molecule has 18 heavy (non-hydrogen) atoms. The van der Waals surface area contributed by atoms with E-state index >= 15 is 0 Å². The molecule has 0 radical (unpaired) electrons. The lowest BCUT2D eigenvalue weighted by Gasteiger charge is -2.36. The topological polar surface area (TPSA) is 29.5 Å². The fourth-order valence-corrected chi connectivity index (χ4v) is 3.22. The van der Waals surface area contributed by atoms with E-state index in [0.29, 0.717) is 11.2 Å². The van der Waals surface area contributed by atoms with Crippen LogP contribution in [0.1, 0.15) is 51.0 Å². The van der Waals surface area contributed by atoms with Gasteiger partial charge in [-0.15, -0.1) is 0 Å². The Morgan fingerprint density at radius 1 is 1.22 bits per heavy atom. The molecule has 1 aromatic carbocycles. The molecule has 1 N–H and O–H groups in total. The molecule has 1 fully saturated rings. The van der Waals surface area contributed by atoms with Crippen LogP contribution in [-0.2, 0) is 6.42 Å². The van der Waals surface area contributed by atoms with E-state index in [1.54, 1.807) is 13.2 Å². The molecule has 0 unspecified atom stereocenters. The minimum Gasteiger partial charge on any atom is -0.504 e. The number of ether oxygens (including phenoxy) is 1. The standard InChI is InChI=1S/C16H24O2/c1-3-16(9-5-4-6-10-16)12-13-7-8-14(17)15(11-13)18-2/h7-8,11,17H,3-6,9-10,12H2,1-2H3. The van der Waals surface area contributed by atoms with Crippen LogP contribution in [-0.4, -0.2) is 12.2 Å². The molecule has 0 heterocycles. The summed E-state index contributed by atoms with van der Waals surface area (Å²) >= 11 is 0. The van der Waals surface area contributed by atoms with E-state index in [1.807, 2.05) is 12.1 Å². The molecule has 100 valence electrons. The summed E-state index contributed by atoms with van der Waals surface area (Å²) < 4.78 is 5.19. The fraction of sp³-hybridized carbons (Fsp3) is 0.625. The molecule has 0 bridgehead atoms. The van der Waals surface area contributed by atoms with E-state index in [4.69, 9.17) is 4.74 Å². The molecule has 0 atom stereocenters. The van der Waals surface area contributed by atoms with Gasteiger partial charge in [-0.05, 0) is 42.4 Å². The largest absolute Gasteiger partial charge is 0.504 e. The zero-order valence-corrected chi connectivity index (χ0v) is 11.5. The molecular weight excluding hydrogens is 224 g/mol. The third-order valence-electron chi connectivity index (χ3n) is 4.49. The highest BCUT2D eigenvalue weighted by Gasteiger charge is 2.30. The van der Waals surface area contributed by atoms with Gasteiger partial charge in [0.05, 0.1) is 7.11 Å². The summed E-state index contributed by atoms with van der Waals surface area (Å²) in [6, 6.07) is 5.77. The summed E-state index contributed by atoms with van der Waals surface area (Å²) in [5.41, 5.74) is 1.76. The lowest BCUT2D eigenvalue weighted by atomic mass is 9.69. The average molecular weight is 248 g/mol. The van der Waals surface area contributed by atoms with Crippen LogP contribution in [0.15, 0.2) is 18.2 Å². The minimum absolute atomic E-state index is 0.232. The molecule has 1 aliphatic rings. The van der Waals surface area contributed by atoms with Crippen LogP contribution >= 0.6 is 0 Å². The SMILES string of the molecule is CCC1(Cc2ccc(O)c(OC)c2)CCCCC1. The third-order valence-corrected chi connectivity index (χ3v) is 4.49. The molecule has 0 aliphatic heterocycles. The predicted octanol–water partition coefficient (Wildman–Crippen LogP) is 4.30. The highest BCUT2D eigenvalue weighted by Crippen LogP contribution is 2.42. The Hall–Kier alpha value is -1.18. The number of hydrogen-bond acceptors (Lipinski definition) is 2. The van der Waals surface area contributed by atoms with Gasteiger partial charge in [0.15, 0.2) is 11.5 Å². The number of methoxy groups -OCH3 is 1. The maximum atomic E-state index is 9.64. The van der Waals surface area contributed by atoms with Crippen molar-refractivity contribution in [3.8, 4) is 11.5 Å². The van der Waals surface area contributed by atoms with Gasteiger partial charge in [-0.25, -0.2) is 0 Å². The van der Waals surface area contributed by atoms with Crippen LogP contribution < -0.4 is 4.74 Å². The van der Waals surface area contributed by atoms with Crippen molar-refractivity contribution in [3.63, 3.8) is 0 Å². The molecule has 0 amide bonds. The Labute approximate surface area is 110 Å². The van der Waals surface area contributed by atoms with Gasteiger partial charge in [0.2, 0.25) is 0 Å². The maximum Gasteiger partial charge on any atom is 0.160 e. The Morgan fingerprint density at radius 3 is 2.56 bits per heavy atom. The first-order chi connectivity index (χ1) is 8.69. The quantitative estimate of drug-likeness (QED) is 0.860. The number of aromatic hydroxyl groups is 1. The summed E-state index contributed by atoms with van der Waals surface area (Å²) in [5, 5.41) is 9.64. The van der Waals surface area contributed by atoms with Crippen LogP contribution in [0.2, 0.25) is 0 Å². The first-order valence-electron chi connectivity index (χ1n) is 7.05. The number of phenolic OH excluding ortho intramolecular Hbond substituents is 1. The highest BCUT2D eigenvalue weighted by atomic mass is 16.5. The highest BCUT2D eigenvalue weighted by molar-refractivity contribution is 5.42. The summed E-state index contributed by atoms with van der Waals surface area (Å²) in [7, 11) is 1.61. The van der Waals surface area contributed by atoms with Crippen molar-refractivity contribution >= 4 is 0 Å². The average Bonchev–Trinajstić information content (AvgIpc) is 2.42. The van der Waals surface area contributed by atoms with E-state index in [1.165, 1.54) is 44.1 Å². The molecule has 0 spiro atoms. The molecule has 0 aromatic heterocycles. The van der Waals surface area contributed by atoms with Crippen molar-refractivity contribution in [1.29, 1.82) is 0 Å². The second kappa shape index (κ2) is 5.64.